The minimum atomic E-state index is 0. The van der Waals surface area contributed by atoms with Gasteiger partial charge in [-0.15, -0.1) is 23.7 Å². The van der Waals surface area contributed by atoms with Crippen molar-refractivity contribution in [2.45, 2.75) is 13.3 Å². The molecule has 0 aromatic carbocycles. The predicted octanol–water partition coefficient (Wildman–Crippen LogP) is 1.42. The van der Waals surface area contributed by atoms with Crippen molar-refractivity contribution in [2.75, 3.05) is 18.4 Å². The Morgan fingerprint density at radius 2 is 2.53 bits per heavy atom. The van der Waals surface area contributed by atoms with E-state index in [2.05, 4.69) is 15.6 Å². The van der Waals surface area contributed by atoms with Crippen molar-refractivity contribution in [1.29, 1.82) is 0 Å². The van der Waals surface area contributed by atoms with Gasteiger partial charge in [-0.1, -0.05) is 0 Å². The minimum absolute atomic E-state index is 0. The first-order chi connectivity index (χ1) is 6.75. The van der Waals surface area contributed by atoms with Crippen molar-refractivity contribution in [2.24, 2.45) is 5.92 Å². The summed E-state index contributed by atoms with van der Waals surface area (Å²) in [7, 11) is 0. The number of hydrogen-bond acceptors (Lipinski definition) is 4. The Hall–Kier alpha value is -0.650. The molecule has 1 aliphatic rings. The average molecular weight is 248 g/mol. The van der Waals surface area contributed by atoms with Gasteiger partial charge >= 0.3 is 0 Å². The molecular weight excluding hydrogens is 234 g/mol. The average Bonchev–Trinajstić information content (AvgIpc) is 2.75. The molecule has 2 rings (SSSR count). The molecule has 1 amide bonds. The second kappa shape index (κ2) is 5.44. The number of aryl methyl sites for hydroxylation is 1. The number of carbonyl (C=O) groups is 1. The molecular formula is C9H14ClN3OS. The second-order valence-corrected chi connectivity index (χ2v) is 4.33. The van der Waals surface area contributed by atoms with E-state index in [4.69, 9.17) is 0 Å². The summed E-state index contributed by atoms with van der Waals surface area (Å²) < 4.78 is 0. The van der Waals surface area contributed by atoms with Crippen molar-refractivity contribution in [1.82, 2.24) is 10.3 Å². The van der Waals surface area contributed by atoms with Gasteiger partial charge in [0, 0.05) is 11.9 Å². The number of halogens is 1. The van der Waals surface area contributed by atoms with Gasteiger partial charge in [0.05, 0.1) is 11.6 Å². The van der Waals surface area contributed by atoms with Gasteiger partial charge in [0.1, 0.15) is 0 Å². The zero-order chi connectivity index (χ0) is 9.97. The second-order valence-electron chi connectivity index (χ2n) is 3.47. The third kappa shape index (κ3) is 3.15. The Labute approximate surface area is 98.9 Å². The van der Waals surface area contributed by atoms with Crippen LogP contribution in [0.15, 0.2) is 5.38 Å². The van der Waals surface area contributed by atoms with Crippen LogP contribution in [0.2, 0.25) is 0 Å². The van der Waals surface area contributed by atoms with Crippen LogP contribution in [0.1, 0.15) is 12.1 Å². The number of aromatic nitrogens is 1. The fourth-order valence-corrected chi connectivity index (χ4v) is 2.19. The van der Waals surface area contributed by atoms with Crippen molar-refractivity contribution in [3.63, 3.8) is 0 Å². The summed E-state index contributed by atoms with van der Waals surface area (Å²) in [6, 6.07) is 0. The van der Waals surface area contributed by atoms with Crippen LogP contribution in [0.3, 0.4) is 0 Å². The fourth-order valence-electron chi connectivity index (χ4n) is 1.50. The number of anilines is 1. The standard InChI is InChI=1S/C9H13N3OS.ClH/c1-6-5-14-9(11-6)12-8(13)7-2-3-10-4-7;/h5,7,10H,2-4H2,1H3,(H,11,12,13);1H. The number of hydrogen-bond donors (Lipinski definition) is 2. The largest absolute Gasteiger partial charge is 0.316 e. The van der Waals surface area contributed by atoms with Crippen molar-refractivity contribution < 1.29 is 4.79 Å². The van der Waals surface area contributed by atoms with Gasteiger partial charge in [0.25, 0.3) is 0 Å². The lowest BCUT2D eigenvalue weighted by atomic mass is 10.1. The van der Waals surface area contributed by atoms with E-state index in [0.29, 0.717) is 5.13 Å². The van der Waals surface area contributed by atoms with E-state index >= 15 is 0 Å². The van der Waals surface area contributed by atoms with Crippen molar-refractivity contribution in [3.05, 3.63) is 11.1 Å². The molecule has 1 fully saturated rings. The first kappa shape index (κ1) is 12.4. The molecule has 15 heavy (non-hydrogen) atoms. The highest BCUT2D eigenvalue weighted by Gasteiger charge is 2.22. The molecule has 4 nitrogen and oxygen atoms in total. The van der Waals surface area contributed by atoms with Crippen LogP contribution in [-0.2, 0) is 4.79 Å². The Morgan fingerprint density at radius 3 is 3.07 bits per heavy atom. The van der Waals surface area contributed by atoms with E-state index in [1.54, 1.807) is 0 Å². The first-order valence-electron chi connectivity index (χ1n) is 4.69. The summed E-state index contributed by atoms with van der Waals surface area (Å²) in [6.07, 6.45) is 0.927. The molecule has 2 N–H and O–H groups in total. The molecule has 1 aliphatic heterocycles. The van der Waals surface area contributed by atoms with Crippen LogP contribution in [0, 0.1) is 12.8 Å². The van der Waals surface area contributed by atoms with E-state index < -0.39 is 0 Å². The molecule has 6 heteroatoms. The highest BCUT2D eigenvalue weighted by Crippen LogP contribution is 2.17. The molecule has 0 aliphatic carbocycles. The van der Waals surface area contributed by atoms with Gasteiger partial charge < -0.3 is 10.6 Å². The van der Waals surface area contributed by atoms with Gasteiger partial charge in [-0.2, -0.15) is 0 Å². The summed E-state index contributed by atoms with van der Waals surface area (Å²) >= 11 is 1.47. The lowest BCUT2D eigenvalue weighted by Crippen LogP contribution is -2.24. The number of rotatable bonds is 2. The van der Waals surface area contributed by atoms with Crippen LogP contribution in [0.25, 0.3) is 0 Å². The van der Waals surface area contributed by atoms with Gasteiger partial charge in [0.15, 0.2) is 5.13 Å². The Bertz CT molecular complexity index is 336. The van der Waals surface area contributed by atoms with Crippen LogP contribution < -0.4 is 10.6 Å². The Morgan fingerprint density at radius 1 is 1.73 bits per heavy atom. The van der Waals surface area contributed by atoms with Crippen molar-refractivity contribution in [3.8, 4) is 0 Å². The summed E-state index contributed by atoms with van der Waals surface area (Å²) in [6.45, 7) is 3.65. The fraction of sp³-hybridized carbons (Fsp3) is 0.556. The van der Waals surface area contributed by atoms with E-state index in [1.165, 1.54) is 11.3 Å². The minimum Gasteiger partial charge on any atom is -0.316 e. The molecule has 1 unspecified atom stereocenters. The monoisotopic (exact) mass is 247 g/mol. The van der Waals surface area contributed by atoms with Crippen LogP contribution in [0.4, 0.5) is 5.13 Å². The third-order valence-electron chi connectivity index (χ3n) is 2.28. The van der Waals surface area contributed by atoms with Gasteiger partial charge in [-0.05, 0) is 19.9 Å². The molecule has 0 spiro atoms. The zero-order valence-corrected chi connectivity index (χ0v) is 10.1. The topological polar surface area (TPSA) is 54.0 Å². The molecule has 0 saturated carbocycles. The quantitative estimate of drug-likeness (QED) is 0.831. The molecule has 2 heterocycles. The van der Waals surface area contributed by atoms with Crippen LogP contribution >= 0.6 is 23.7 Å². The Balaban J connectivity index is 0.00000112. The lowest BCUT2D eigenvalue weighted by molar-refractivity contribution is -0.119. The summed E-state index contributed by atoms with van der Waals surface area (Å²) in [5.74, 6) is 0.198. The maximum absolute atomic E-state index is 11.6. The highest BCUT2D eigenvalue weighted by atomic mass is 35.5. The summed E-state index contributed by atoms with van der Waals surface area (Å²) in [4.78, 5) is 15.8. The molecule has 84 valence electrons. The maximum Gasteiger partial charge on any atom is 0.230 e. The van der Waals surface area contributed by atoms with Crippen molar-refractivity contribution >= 4 is 34.8 Å². The van der Waals surface area contributed by atoms with E-state index in [1.807, 2.05) is 12.3 Å². The zero-order valence-electron chi connectivity index (χ0n) is 8.45. The van der Waals surface area contributed by atoms with Crippen LogP contribution in [0.5, 0.6) is 0 Å². The molecule has 1 saturated heterocycles. The number of amides is 1. The van der Waals surface area contributed by atoms with E-state index in [0.717, 1.165) is 25.2 Å². The van der Waals surface area contributed by atoms with Gasteiger partial charge in [-0.3, -0.25) is 4.79 Å². The third-order valence-corrected chi connectivity index (χ3v) is 3.16. The maximum atomic E-state index is 11.6. The molecule has 1 aromatic rings. The smallest absolute Gasteiger partial charge is 0.230 e. The first-order valence-corrected chi connectivity index (χ1v) is 5.57. The lowest BCUT2D eigenvalue weighted by Gasteiger charge is -2.06. The van der Waals surface area contributed by atoms with E-state index in [-0.39, 0.29) is 24.2 Å². The van der Waals surface area contributed by atoms with Crippen LogP contribution in [-0.4, -0.2) is 24.0 Å². The predicted molar refractivity (Wildman–Crippen MR) is 63.7 cm³/mol. The number of thiazole rings is 1. The van der Waals surface area contributed by atoms with Gasteiger partial charge in [0.2, 0.25) is 5.91 Å². The Kier molecular flexibility index (Phi) is 4.50. The highest BCUT2D eigenvalue weighted by molar-refractivity contribution is 7.13. The number of carbonyl (C=O) groups excluding carboxylic acids is 1. The molecule has 1 aromatic heterocycles. The normalized spacial score (nSPS) is 19.7. The molecule has 0 radical (unpaired) electrons. The van der Waals surface area contributed by atoms with E-state index in [9.17, 15) is 4.79 Å². The number of nitrogens with one attached hydrogen (secondary N) is 2. The molecule has 1 atom stereocenters. The number of nitrogens with zero attached hydrogens (tertiary/aromatic N) is 1. The van der Waals surface area contributed by atoms with Gasteiger partial charge in [-0.25, -0.2) is 4.98 Å². The summed E-state index contributed by atoms with van der Waals surface area (Å²) in [5.41, 5.74) is 0.954. The SMILES string of the molecule is Cc1csc(NC(=O)C2CCNC2)n1.Cl. The summed E-state index contributed by atoms with van der Waals surface area (Å²) in [5, 5.41) is 8.64. The molecule has 0 bridgehead atoms.